The van der Waals surface area contributed by atoms with Crippen molar-refractivity contribution in [1.82, 2.24) is 9.88 Å². The topological polar surface area (TPSA) is 97.5 Å². The number of carbonyl (C=O) groups is 2. The van der Waals surface area contributed by atoms with E-state index in [1.807, 2.05) is 49.5 Å². The van der Waals surface area contributed by atoms with Crippen LogP contribution in [0.25, 0.3) is 22.4 Å². The van der Waals surface area contributed by atoms with Crippen molar-refractivity contribution in [1.29, 1.82) is 0 Å². The molecule has 1 fully saturated rings. The van der Waals surface area contributed by atoms with Gasteiger partial charge in [-0.2, -0.15) is 0 Å². The normalized spacial score (nSPS) is 13.6. The standard InChI is InChI=1S/C22H22FN3O.C9H17NO2/c1-14(27)26-17-12-18(15-7-5-4-6-8-15)21(25-13-17)16-9-10-19(20(23)11-16)22(2,3)24;1-10(9(11)12-2)8-6-4-3-5-7-8/h4-13H,24H2,1-3H3,(H,26,27);8H,3-7H2,1-2H3. The van der Waals surface area contributed by atoms with Gasteiger partial charge in [0, 0.05) is 42.2 Å². The van der Waals surface area contributed by atoms with Gasteiger partial charge in [0.1, 0.15) is 5.82 Å². The number of anilines is 1. The Morgan fingerprint density at radius 2 is 1.72 bits per heavy atom. The van der Waals surface area contributed by atoms with E-state index in [0.29, 0.717) is 28.6 Å². The van der Waals surface area contributed by atoms with Gasteiger partial charge in [-0.15, -0.1) is 0 Å². The molecular formula is C31H39FN4O3. The molecule has 2 aromatic carbocycles. The number of carbonyl (C=O) groups excluding carboxylic acids is 2. The number of aromatic nitrogens is 1. The Hall–Kier alpha value is -3.78. The molecule has 1 aromatic heterocycles. The molecule has 7 nitrogen and oxygen atoms in total. The largest absolute Gasteiger partial charge is 0.453 e. The number of halogens is 1. The average molecular weight is 535 g/mol. The number of nitrogens with one attached hydrogen (secondary N) is 1. The molecule has 2 amide bonds. The third-order valence-corrected chi connectivity index (χ3v) is 6.81. The number of benzene rings is 2. The lowest BCUT2D eigenvalue weighted by Gasteiger charge is -2.29. The van der Waals surface area contributed by atoms with Gasteiger partial charge in [-0.25, -0.2) is 9.18 Å². The summed E-state index contributed by atoms with van der Waals surface area (Å²) < 4.78 is 19.3. The van der Waals surface area contributed by atoms with E-state index in [0.717, 1.165) is 24.0 Å². The molecule has 0 bridgehead atoms. The number of ether oxygens (including phenoxy) is 1. The van der Waals surface area contributed by atoms with E-state index in [1.54, 1.807) is 31.0 Å². The summed E-state index contributed by atoms with van der Waals surface area (Å²) in [5.74, 6) is -0.545. The fourth-order valence-corrected chi connectivity index (χ4v) is 4.75. The maximum Gasteiger partial charge on any atom is 0.409 e. The Bertz CT molecular complexity index is 1270. The van der Waals surface area contributed by atoms with Gasteiger partial charge in [0.25, 0.3) is 0 Å². The number of hydrogen-bond acceptors (Lipinski definition) is 5. The number of pyridine rings is 1. The Labute approximate surface area is 230 Å². The van der Waals surface area contributed by atoms with E-state index in [1.165, 1.54) is 39.4 Å². The highest BCUT2D eigenvalue weighted by atomic mass is 19.1. The Balaban J connectivity index is 0.000000293. The zero-order chi connectivity index (χ0) is 28.6. The summed E-state index contributed by atoms with van der Waals surface area (Å²) in [6.45, 7) is 4.97. The van der Waals surface area contributed by atoms with E-state index in [4.69, 9.17) is 5.73 Å². The van der Waals surface area contributed by atoms with E-state index in [-0.39, 0.29) is 17.8 Å². The van der Waals surface area contributed by atoms with Crippen LogP contribution in [0.5, 0.6) is 0 Å². The molecule has 39 heavy (non-hydrogen) atoms. The predicted octanol–water partition coefficient (Wildman–Crippen LogP) is 6.72. The summed E-state index contributed by atoms with van der Waals surface area (Å²) in [4.78, 5) is 28.7. The third-order valence-electron chi connectivity index (χ3n) is 6.81. The molecule has 0 spiro atoms. The number of nitrogens with zero attached hydrogens (tertiary/aromatic N) is 2. The van der Waals surface area contributed by atoms with Gasteiger partial charge in [-0.05, 0) is 44.4 Å². The highest BCUT2D eigenvalue weighted by Gasteiger charge is 2.22. The first-order chi connectivity index (χ1) is 18.5. The summed E-state index contributed by atoms with van der Waals surface area (Å²) in [5.41, 5.74) is 9.32. The third kappa shape index (κ3) is 8.10. The van der Waals surface area contributed by atoms with Crippen molar-refractivity contribution < 1.29 is 18.7 Å². The predicted molar refractivity (Wildman–Crippen MR) is 154 cm³/mol. The van der Waals surface area contributed by atoms with Crippen LogP contribution in [0.2, 0.25) is 0 Å². The van der Waals surface area contributed by atoms with Crippen LogP contribution in [-0.4, -0.2) is 42.1 Å². The van der Waals surface area contributed by atoms with Gasteiger partial charge in [0.15, 0.2) is 0 Å². The Morgan fingerprint density at radius 1 is 1.05 bits per heavy atom. The summed E-state index contributed by atoms with van der Waals surface area (Å²) in [6.07, 6.45) is 7.42. The maximum absolute atomic E-state index is 14.7. The Morgan fingerprint density at radius 3 is 2.28 bits per heavy atom. The number of hydrogen-bond donors (Lipinski definition) is 2. The van der Waals surface area contributed by atoms with Gasteiger partial charge in [-0.1, -0.05) is 61.7 Å². The monoisotopic (exact) mass is 534 g/mol. The summed E-state index contributed by atoms with van der Waals surface area (Å²) >= 11 is 0. The molecule has 8 heteroatoms. The van der Waals surface area contributed by atoms with Crippen molar-refractivity contribution in [3.63, 3.8) is 0 Å². The van der Waals surface area contributed by atoms with Crippen molar-refractivity contribution >= 4 is 17.7 Å². The maximum atomic E-state index is 14.7. The van der Waals surface area contributed by atoms with Crippen LogP contribution in [0.15, 0.2) is 60.8 Å². The van der Waals surface area contributed by atoms with Gasteiger partial charge in [0.05, 0.1) is 24.7 Å². The van der Waals surface area contributed by atoms with E-state index in [9.17, 15) is 14.0 Å². The lowest BCUT2D eigenvalue weighted by molar-refractivity contribution is -0.114. The van der Waals surface area contributed by atoms with Crippen molar-refractivity contribution in [3.05, 3.63) is 72.2 Å². The zero-order valence-corrected chi connectivity index (χ0v) is 23.5. The summed E-state index contributed by atoms with van der Waals surface area (Å²) in [6, 6.07) is 16.9. The van der Waals surface area contributed by atoms with Crippen molar-refractivity contribution in [2.45, 2.75) is 64.5 Å². The van der Waals surface area contributed by atoms with Crippen molar-refractivity contribution in [2.75, 3.05) is 19.5 Å². The molecule has 208 valence electrons. The van der Waals surface area contributed by atoms with Crippen LogP contribution >= 0.6 is 0 Å². The molecule has 0 saturated heterocycles. The molecule has 1 saturated carbocycles. The van der Waals surface area contributed by atoms with Gasteiger partial charge in [0.2, 0.25) is 5.91 Å². The highest BCUT2D eigenvalue weighted by Crippen LogP contribution is 2.34. The van der Waals surface area contributed by atoms with E-state index < -0.39 is 5.54 Å². The van der Waals surface area contributed by atoms with E-state index in [2.05, 4.69) is 15.0 Å². The molecule has 0 unspecified atom stereocenters. The van der Waals surface area contributed by atoms with Crippen LogP contribution < -0.4 is 11.1 Å². The van der Waals surface area contributed by atoms with Gasteiger partial charge in [-0.3, -0.25) is 9.78 Å². The first-order valence-electron chi connectivity index (χ1n) is 13.2. The minimum atomic E-state index is -0.770. The molecule has 0 aliphatic heterocycles. The zero-order valence-electron chi connectivity index (χ0n) is 23.5. The van der Waals surface area contributed by atoms with Crippen molar-refractivity contribution in [3.8, 4) is 22.4 Å². The van der Waals surface area contributed by atoms with Gasteiger partial charge >= 0.3 is 6.09 Å². The molecule has 4 rings (SSSR count). The highest BCUT2D eigenvalue weighted by molar-refractivity contribution is 5.91. The van der Waals surface area contributed by atoms with Crippen molar-refractivity contribution in [2.24, 2.45) is 5.73 Å². The van der Waals surface area contributed by atoms with Crippen LogP contribution in [0, 0.1) is 5.82 Å². The molecule has 1 heterocycles. The van der Waals surface area contributed by atoms with Crippen LogP contribution in [0.3, 0.4) is 0 Å². The summed E-state index contributed by atoms with van der Waals surface area (Å²) in [7, 11) is 3.25. The van der Waals surface area contributed by atoms with Crippen LogP contribution in [-0.2, 0) is 15.1 Å². The second kappa shape index (κ2) is 13.3. The second-order valence-corrected chi connectivity index (χ2v) is 10.5. The number of nitrogens with two attached hydrogens (primary N) is 1. The lowest BCUT2D eigenvalue weighted by Crippen LogP contribution is -2.38. The second-order valence-electron chi connectivity index (χ2n) is 10.5. The average Bonchev–Trinajstić information content (AvgIpc) is 2.92. The molecule has 0 radical (unpaired) electrons. The first kappa shape index (κ1) is 29.8. The van der Waals surface area contributed by atoms with Gasteiger partial charge < -0.3 is 20.7 Å². The van der Waals surface area contributed by atoms with Crippen LogP contribution in [0.1, 0.15) is 58.4 Å². The number of methoxy groups -OCH3 is 1. The van der Waals surface area contributed by atoms with Crippen LogP contribution in [0.4, 0.5) is 14.9 Å². The molecule has 3 N–H and O–H groups in total. The summed E-state index contributed by atoms with van der Waals surface area (Å²) in [5, 5.41) is 2.74. The number of amides is 2. The minimum absolute atomic E-state index is 0.177. The molecule has 1 aliphatic rings. The molecule has 3 aromatic rings. The molecule has 0 atom stereocenters. The first-order valence-corrected chi connectivity index (χ1v) is 13.2. The quantitative estimate of drug-likeness (QED) is 0.378. The molecular weight excluding hydrogens is 495 g/mol. The smallest absolute Gasteiger partial charge is 0.409 e. The number of rotatable bonds is 5. The lowest BCUT2D eigenvalue weighted by atomic mass is 9.92. The Kier molecular flexibility index (Phi) is 10.2. The SMILES string of the molecule is CC(=O)Nc1cnc(-c2ccc(C(C)(C)N)c(F)c2)c(-c2ccccc2)c1.COC(=O)N(C)C1CCCCC1. The molecule has 1 aliphatic carbocycles. The van der Waals surface area contributed by atoms with E-state index >= 15 is 0 Å². The fourth-order valence-electron chi connectivity index (χ4n) is 4.75. The minimum Gasteiger partial charge on any atom is -0.453 e. The fraction of sp³-hybridized carbons (Fsp3) is 0.387.